The highest BCUT2D eigenvalue weighted by Gasteiger charge is 2.25. The highest BCUT2D eigenvalue weighted by molar-refractivity contribution is 6.31. The van der Waals surface area contributed by atoms with Crippen molar-refractivity contribution in [3.05, 3.63) is 105 Å². The van der Waals surface area contributed by atoms with Gasteiger partial charge in [-0.2, -0.15) is 0 Å². The molecule has 0 saturated heterocycles. The molecule has 186 valence electrons. The molecule has 2 heterocycles. The van der Waals surface area contributed by atoms with Crippen molar-refractivity contribution in [1.29, 1.82) is 0 Å². The first-order chi connectivity index (χ1) is 17.9. The van der Waals surface area contributed by atoms with Crippen LogP contribution in [0.4, 0.5) is 4.39 Å². The molecule has 0 fully saturated rings. The molecule has 1 aromatic heterocycles. The van der Waals surface area contributed by atoms with Gasteiger partial charge in [0.1, 0.15) is 23.1 Å². The van der Waals surface area contributed by atoms with E-state index in [-0.39, 0.29) is 17.9 Å². The minimum atomic E-state index is -0.440. The topological polar surface area (TPSA) is 73.7 Å². The van der Waals surface area contributed by atoms with Crippen molar-refractivity contribution in [3.63, 3.8) is 0 Å². The Kier molecular flexibility index (Phi) is 6.72. The molecule has 1 aliphatic heterocycles. The number of rotatable bonds is 6. The summed E-state index contributed by atoms with van der Waals surface area (Å²) in [6, 6.07) is 15.5. The van der Waals surface area contributed by atoms with Gasteiger partial charge in [-0.25, -0.2) is 14.4 Å². The molecular weight excluding hydrogens is 493 g/mol. The average molecular weight is 516 g/mol. The summed E-state index contributed by atoms with van der Waals surface area (Å²) in [6.45, 7) is 1.76. The fourth-order valence-electron chi connectivity index (χ4n) is 4.48. The Morgan fingerprint density at radius 3 is 2.59 bits per heavy atom. The largest absolute Gasteiger partial charge is 0.496 e. The second-order valence-electron chi connectivity index (χ2n) is 8.60. The summed E-state index contributed by atoms with van der Waals surface area (Å²) in [4.78, 5) is 26.1. The van der Waals surface area contributed by atoms with Crippen molar-refractivity contribution in [1.82, 2.24) is 9.97 Å². The number of carbonyl (C=O) groups excluding carboxylic acids is 1. The summed E-state index contributed by atoms with van der Waals surface area (Å²) < 4.78 is 25.9. The molecule has 0 amide bonds. The van der Waals surface area contributed by atoms with Gasteiger partial charge in [-0.1, -0.05) is 29.8 Å². The molecular formula is C29H23ClFN3O3. The van der Waals surface area contributed by atoms with E-state index in [4.69, 9.17) is 31.1 Å². The first-order valence-corrected chi connectivity index (χ1v) is 12.0. The molecule has 8 heteroatoms. The van der Waals surface area contributed by atoms with Gasteiger partial charge in [0.25, 0.3) is 0 Å². The number of ether oxygens (including phenoxy) is 2. The third kappa shape index (κ3) is 4.70. The van der Waals surface area contributed by atoms with Gasteiger partial charge >= 0.3 is 0 Å². The fraction of sp³-hybridized carbons (Fsp3) is 0.172. The lowest BCUT2D eigenvalue weighted by molar-refractivity contribution is 0.101. The predicted molar refractivity (Wildman–Crippen MR) is 141 cm³/mol. The Hall–Kier alpha value is -4.10. The van der Waals surface area contributed by atoms with Crippen molar-refractivity contribution < 1.29 is 18.7 Å². The molecule has 1 aliphatic rings. The Bertz CT molecular complexity index is 1570. The zero-order chi connectivity index (χ0) is 26.1. The molecule has 0 saturated carbocycles. The van der Waals surface area contributed by atoms with Crippen molar-refractivity contribution in [2.75, 3.05) is 14.2 Å². The van der Waals surface area contributed by atoms with Crippen molar-refractivity contribution in [2.45, 2.75) is 19.9 Å². The van der Waals surface area contributed by atoms with E-state index in [0.717, 1.165) is 16.7 Å². The number of Topliss-reactive ketones (excluding diaryl/α,β-unsaturated/α-hetero) is 1. The van der Waals surface area contributed by atoms with Gasteiger partial charge in [-0.15, -0.1) is 0 Å². The number of aromatic nitrogens is 2. The number of fused-ring (bicyclic) bond motifs is 3. The van der Waals surface area contributed by atoms with Crippen LogP contribution in [-0.4, -0.2) is 35.7 Å². The number of hydrogen-bond donors (Lipinski definition) is 0. The lowest BCUT2D eigenvalue weighted by Gasteiger charge is -2.15. The minimum absolute atomic E-state index is 0.0674. The number of halogens is 2. The predicted octanol–water partition coefficient (Wildman–Crippen LogP) is 6.10. The highest BCUT2D eigenvalue weighted by atomic mass is 35.5. The molecule has 0 atom stereocenters. The molecule has 0 unspecified atom stereocenters. The fourth-order valence-corrected chi connectivity index (χ4v) is 4.65. The molecule has 5 rings (SSSR count). The maximum Gasteiger partial charge on any atom is 0.163 e. The standard InChI is InChI=1S/C29H23ClFN3O3/c1-16(35)20-9-7-17(11-25(20)37-3)12-26-32-14-18-15-33-29(27-23(31)5-4-6-24(27)36-2)22-13-19(30)8-10-21(22)28(18)34-26/h4-11,13-14H,12,15H2,1-3H3. The molecule has 37 heavy (non-hydrogen) atoms. The molecule has 3 aromatic carbocycles. The van der Waals surface area contributed by atoms with Gasteiger partial charge in [0.15, 0.2) is 5.78 Å². The summed E-state index contributed by atoms with van der Waals surface area (Å²) >= 11 is 6.38. The SMILES string of the molecule is COc1cc(Cc2ncc3c(n2)-c2ccc(Cl)cc2C(c2c(F)cccc2OC)=NC3)ccc1C(C)=O. The summed E-state index contributed by atoms with van der Waals surface area (Å²) in [5, 5.41) is 0.497. The van der Waals surface area contributed by atoms with Gasteiger partial charge in [-0.05, 0) is 48.9 Å². The number of aliphatic imine (C=N–C) groups is 1. The lowest BCUT2D eigenvalue weighted by Crippen LogP contribution is -2.09. The molecule has 4 aromatic rings. The zero-order valence-corrected chi connectivity index (χ0v) is 21.3. The van der Waals surface area contributed by atoms with Crippen LogP contribution in [0.1, 0.15) is 45.4 Å². The number of nitrogens with zero attached hydrogens (tertiary/aromatic N) is 3. The van der Waals surface area contributed by atoms with Crippen LogP contribution in [0.3, 0.4) is 0 Å². The number of carbonyl (C=O) groups is 1. The van der Waals surface area contributed by atoms with Gasteiger partial charge in [0.05, 0.1) is 43.3 Å². The van der Waals surface area contributed by atoms with Gasteiger partial charge in [0, 0.05) is 34.3 Å². The zero-order valence-electron chi connectivity index (χ0n) is 20.5. The van der Waals surface area contributed by atoms with Crippen molar-refractivity contribution in [3.8, 4) is 22.8 Å². The monoisotopic (exact) mass is 515 g/mol. The van der Waals surface area contributed by atoms with Gasteiger partial charge in [-0.3, -0.25) is 9.79 Å². The molecule has 0 bridgehead atoms. The van der Waals surface area contributed by atoms with E-state index in [0.29, 0.717) is 51.3 Å². The van der Waals surface area contributed by atoms with Crippen LogP contribution in [0.5, 0.6) is 11.5 Å². The first kappa shape index (κ1) is 24.6. The quantitative estimate of drug-likeness (QED) is 0.290. The van der Waals surface area contributed by atoms with Crippen LogP contribution in [0, 0.1) is 5.82 Å². The summed E-state index contributed by atoms with van der Waals surface area (Å²) in [6.07, 6.45) is 2.18. The number of methoxy groups -OCH3 is 2. The Morgan fingerprint density at radius 2 is 1.84 bits per heavy atom. The van der Waals surface area contributed by atoms with E-state index in [9.17, 15) is 4.79 Å². The number of benzene rings is 3. The van der Waals surface area contributed by atoms with Gasteiger partial charge in [0.2, 0.25) is 0 Å². The molecule has 0 radical (unpaired) electrons. The van der Waals surface area contributed by atoms with E-state index in [1.54, 1.807) is 36.5 Å². The summed E-state index contributed by atoms with van der Waals surface area (Å²) in [5.74, 6) is 0.970. The molecule has 0 spiro atoms. The number of ketones is 1. The van der Waals surface area contributed by atoms with Crippen LogP contribution < -0.4 is 9.47 Å². The number of hydrogen-bond acceptors (Lipinski definition) is 6. The van der Waals surface area contributed by atoms with E-state index >= 15 is 4.39 Å². The summed E-state index contributed by atoms with van der Waals surface area (Å²) in [5.41, 5.74) is 5.08. The minimum Gasteiger partial charge on any atom is -0.496 e. The molecule has 6 nitrogen and oxygen atoms in total. The smallest absolute Gasteiger partial charge is 0.163 e. The van der Waals surface area contributed by atoms with Gasteiger partial charge < -0.3 is 9.47 Å². The van der Waals surface area contributed by atoms with Crippen LogP contribution in [0.15, 0.2) is 65.8 Å². The Balaban J connectivity index is 1.60. The van der Waals surface area contributed by atoms with Crippen molar-refractivity contribution >= 4 is 23.1 Å². The lowest BCUT2D eigenvalue weighted by atomic mass is 9.94. The normalized spacial score (nSPS) is 12.2. The maximum absolute atomic E-state index is 15.1. The van der Waals surface area contributed by atoms with Crippen LogP contribution in [0.25, 0.3) is 11.3 Å². The second kappa shape index (κ2) is 10.1. The third-order valence-corrected chi connectivity index (χ3v) is 6.49. The van der Waals surface area contributed by atoms with E-state index in [1.807, 2.05) is 18.2 Å². The summed E-state index contributed by atoms with van der Waals surface area (Å²) in [7, 11) is 3.04. The van der Waals surface area contributed by atoms with E-state index in [2.05, 4.69) is 4.98 Å². The van der Waals surface area contributed by atoms with E-state index < -0.39 is 5.82 Å². The van der Waals surface area contributed by atoms with E-state index in [1.165, 1.54) is 27.2 Å². The van der Waals surface area contributed by atoms with Crippen LogP contribution >= 0.6 is 11.6 Å². The van der Waals surface area contributed by atoms with Crippen LogP contribution in [-0.2, 0) is 13.0 Å². The average Bonchev–Trinajstić information content (AvgIpc) is 3.04. The highest BCUT2D eigenvalue weighted by Crippen LogP contribution is 2.36. The second-order valence-corrected chi connectivity index (χ2v) is 9.04. The van der Waals surface area contributed by atoms with Crippen LogP contribution in [0.2, 0.25) is 5.02 Å². The third-order valence-electron chi connectivity index (χ3n) is 6.25. The molecule has 0 aliphatic carbocycles. The maximum atomic E-state index is 15.1. The Labute approximate surface area is 218 Å². The van der Waals surface area contributed by atoms with Crippen molar-refractivity contribution in [2.24, 2.45) is 4.99 Å². The Morgan fingerprint density at radius 1 is 1.03 bits per heavy atom. The molecule has 0 N–H and O–H groups in total. The first-order valence-electron chi connectivity index (χ1n) is 11.6.